The van der Waals surface area contributed by atoms with Gasteiger partial charge >= 0.3 is 5.97 Å². The average molecular weight is 385 g/mol. The van der Waals surface area contributed by atoms with Crippen molar-refractivity contribution in [1.82, 2.24) is 9.88 Å². The standard InChI is InChI=1S/C19H19N3O4S/c1-10-16(19(24)25)17(13-5-7-14(26-4)8-6-13)21-18(22(10)12(3)23)15-9-27-11(2)20-15/h5-9,17H,1-4H3,(H,24,25). The minimum Gasteiger partial charge on any atom is -0.497 e. The quantitative estimate of drug-likeness (QED) is 0.873. The molecule has 2 heterocycles. The molecule has 0 radical (unpaired) electrons. The fraction of sp³-hybridized carbons (Fsp3) is 0.263. The molecule has 1 atom stereocenters. The van der Waals surface area contributed by atoms with Crippen LogP contribution < -0.4 is 4.74 Å². The van der Waals surface area contributed by atoms with E-state index in [4.69, 9.17) is 4.74 Å². The second-order valence-corrected chi connectivity index (χ2v) is 7.10. The number of carboxylic acids is 1. The summed E-state index contributed by atoms with van der Waals surface area (Å²) in [7, 11) is 1.56. The number of carboxylic acid groups (broad SMARTS) is 1. The number of allylic oxidation sites excluding steroid dienone is 1. The van der Waals surface area contributed by atoms with Crippen LogP contribution in [0.4, 0.5) is 0 Å². The Hall–Kier alpha value is -3.00. The molecule has 140 valence electrons. The second kappa shape index (κ2) is 7.32. The molecule has 0 saturated heterocycles. The number of hydrogen-bond donors (Lipinski definition) is 1. The molecule has 0 fully saturated rings. The van der Waals surface area contributed by atoms with Crippen molar-refractivity contribution in [3.05, 3.63) is 57.2 Å². The molecule has 1 N–H and O–H groups in total. The molecule has 1 aromatic carbocycles. The van der Waals surface area contributed by atoms with Gasteiger partial charge in [-0.2, -0.15) is 0 Å². The van der Waals surface area contributed by atoms with Crippen LogP contribution >= 0.6 is 11.3 Å². The summed E-state index contributed by atoms with van der Waals surface area (Å²) in [4.78, 5) is 34.6. The molecule has 27 heavy (non-hydrogen) atoms. The van der Waals surface area contributed by atoms with E-state index in [1.807, 2.05) is 12.3 Å². The van der Waals surface area contributed by atoms with E-state index >= 15 is 0 Å². The van der Waals surface area contributed by atoms with E-state index in [-0.39, 0.29) is 11.5 Å². The number of methoxy groups -OCH3 is 1. The zero-order valence-electron chi connectivity index (χ0n) is 15.4. The largest absolute Gasteiger partial charge is 0.497 e. The van der Waals surface area contributed by atoms with Crippen LogP contribution in [0, 0.1) is 6.92 Å². The molecule has 1 aliphatic heterocycles. The second-order valence-electron chi connectivity index (χ2n) is 6.04. The minimum absolute atomic E-state index is 0.0612. The van der Waals surface area contributed by atoms with Gasteiger partial charge in [0, 0.05) is 18.0 Å². The number of aliphatic carboxylic acids is 1. The molecule has 7 nitrogen and oxygen atoms in total. The highest BCUT2D eigenvalue weighted by atomic mass is 32.1. The number of ether oxygens (including phenoxy) is 1. The van der Waals surface area contributed by atoms with Crippen LogP contribution in [0.15, 0.2) is 45.9 Å². The van der Waals surface area contributed by atoms with Gasteiger partial charge in [0.25, 0.3) is 0 Å². The van der Waals surface area contributed by atoms with Crippen molar-refractivity contribution in [2.45, 2.75) is 26.8 Å². The van der Waals surface area contributed by atoms with Gasteiger partial charge in [0.05, 0.1) is 17.7 Å². The number of amides is 1. The smallest absolute Gasteiger partial charge is 0.335 e. The maximum atomic E-state index is 12.3. The van der Waals surface area contributed by atoms with Crippen molar-refractivity contribution in [1.29, 1.82) is 0 Å². The van der Waals surface area contributed by atoms with Gasteiger partial charge in [-0.15, -0.1) is 11.3 Å². The van der Waals surface area contributed by atoms with Crippen molar-refractivity contribution < 1.29 is 19.4 Å². The monoisotopic (exact) mass is 385 g/mol. The van der Waals surface area contributed by atoms with Crippen LogP contribution in [0.5, 0.6) is 5.75 Å². The molecule has 0 saturated carbocycles. The highest BCUT2D eigenvalue weighted by molar-refractivity contribution is 7.09. The maximum Gasteiger partial charge on any atom is 0.335 e. The van der Waals surface area contributed by atoms with Crippen LogP contribution in [-0.2, 0) is 9.59 Å². The van der Waals surface area contributed by atoms with Crippen LogP contribution in [0.2, 0.25) is 0 Å². The van der Waals surface area contributed by atoms with E-state index in [0.29, 0.717) is 28.5 Å². The number of nitrogens with zero attached hydrogens (tertiary/aromatic N) is 3. The van der Waals surface area contributed by atoms with Gasteiger partial charge in [-0.3, -0.25) is 14.7 Å². The van der Waals surface area contributed by atoms with E-state index in [1.54, 1.807) is 38.3 Å². The summed E-state index contributed by atoms with van der Waals surface area (Å²) in [6.07, 6.45) is 0. The van der Waals surface area contributed by atoms with Crippen molar-refractivity contribution in [2.75, 3.05) is 7.11 Å². The van der Waals surface area contributed by atoms with Gasteiger partial charge in [-0.05, 0) is 31.5 Å². The topological polar surface area (TPSA) is 92.1 Å². The molecular formula is C19H19N3O4S. The maximum absolute atomic E-state index is 12.3. The van der Waals surface area contributed by atoms with E-state index < -0.39 is 12.0 Å². The molecule has 0 spiro atoms. The highest BCUT2D eigenvalue weighted by Crippen LogP contribution is 2.36. The minimum atomic E-state index is -1.11. The number of carbonyl (C=O) groups is 2. The molecule has 1 aromatic heterocycles. The third-order valence-corrected chi connectivity index (χ3v) is 5.06. The Balaban J connectivity index is 2.19. The first kappa shape index (κ1) is 18.8. The number of aromatic nitrogens is 1. The lowest BCUT2D eigenvalue weighted by Crippen LogP contribution is -2.40. The zero-order valence-corrected chi connectivity index (χ0v) is 16.2. The Labute approximate surface area is 160 Å². The molecule has 0 bridgehead atoms. The third-order valence-electron chi connectivity index (χ3n) is 4.29. The number of aliphatic imine (C=N–C) groups is 1. The van der Waals surface area contributed by atoms with Crippen LogP contribution in [0.25, 0.3) is 0 Å². The number of aryl methyl sites for hydroxylation is 1. The third kappa shape index (κ3) is 3.48. The van der Waals surface area contributed by atoms with Crippen molar-refractivity contribution in [2.24, 2.45) is 4.99 Å². The predicted octanol–water partition coefficient (Wildman–Crippen LogP) is 3.17. The number of thiazole rings is 1. The number of benzene rings is 1. The molecule has 3 rings (SSSR count). The van der Waals surface area contributed by atoms with Crippen molar-refractivity contribution in [3.8, 4) is 5.75 Å². The number of carbonyl (C=O) groups excluding carboxylic acids is 1. The van der Waals surface area contributed by atoms with Gasteiger partial charge in [0.2, 0.25) is 5.91 Å². The predicted molar refractivity (Wildman–Crippen MR) is 102 cm³/mol. The summed E-state index contributed by atoms with van der Waals surface area (Å²) in [5, 5.41) is 12.4. The molecule has 8 heteroatoms. The van der Waals surface area contributed by atoms with Crippen LogP contribution in [-0.4, -0.2) is 39.8 Å². The van der Waals surface area contributed by atoms with Gasteiger partial charge in [0.15, 0.2) is 5.84 Å². The normalized spacial score (nSPS) is 17.0. The zero-order chi connectivity index (χ0) is 19.7. The molecular weight excluding hydrogens is 366 g/mol. The highest BCUT2D eigenvalue weighted by Gasteiger charge is 2.36. The molecule has 2 aromatic rings. The molecule has 1 aliphatic rings. The first-order chi connectivity index (χ1) is 12.8. The molecule has 1 amide bonds. The lowest BCUT2D eigenvalue weighted by molar-refractivity contribution is -0.133. The van der Waals surface area contributed by atoms with Gasteiger partial charge in [-0.1, -0.05) is 12.1 Å². The Bertz CT molecular complexity index is 960. The first-order valence-corrected chi connectivity index (χ1v) is 9.10. The van der Waals surface area contributed by atoms with E-state index in [0.717, 1.165) is 5.01 Å². The average Bonchev–Trinajstić information content (AvgIpc) is 3.06. The fourth-order valence-electron chi connectivity index (χ4n) is 3.05. The molecule has 0 aliphatic carbocycles. The van der Waals surface area contributed by atoms with Gasteiger partial charge < -0.3 is 9.84 Å². The van der Waals surface area contributed by atoms with Gasteiger partial charge in [-0.25, -0.2) is 9.78 Å². The van der Waals surface area contributed by atoms with Gasteiger partial charge in [0.1, 0.15) is 17.5 Å². The Morgan fingerprint density at radius 3 is 2.37 bits per heavy atom. The summed E-state index contributed by atoms with van der Waals surface area (Å²) in [6, 6.07) is 6.31. The number of hydrogen-bond acceptors (Lipinski definition) is 6. The van der Waals surface area contributed by atoms with Crippen LogP contribution in [0.1, 0.15) is 36.2 Å². The van der Waals surface area contributed by atoms with E-state index in [1.165, 1.54) is 23.2 Å². The van der Waals surface area contributed by atoms with Crippen LogP contribution in [0.3, 0.4) is 0 Å². The summed E-state index contributed by atoms with van der Waals surface area (Å²) in [5.41, 5.74) is 1.65. The first-order valence-electron chi connectivity index (χ1n) is 8.22. The Morgan fingerprint density at radius 1 is 1.22 bits per heavy atom. The summed E-state index contributed by atoms with van der Waals surface area (Å²) in [6.45, 7) is 4.86. The summed E-state index contributed by atoms with van der Waals surface area (Å²) in [5.74, 6) is -0.410. The SMILES string of the molecule is COc1ccc(C2N=C(c3csc(C)n3)N(C(C)=O)C(C)=C2C(=O)O)cc1. The van der Waals surface area contributed by atoms with Crippen molar-refractivity contribution in [3.63, 3.8) is 0 Å². The van der Waals surface area contributed by atoms with E-state index in [9.17, 15) is 14.7 Å². The number of rotatable bonds is 4. The van der Waals surface area contributed by atoms with E-state index in [2.05, 4.69) is 9.98 Å². The number of amidine groups is 1. The van der Waals surface area contributed by atoms with Crippen molar-refractivity contribution >= 4 is 29.0 Å². The lowest BCUT2D eigenvalue weighted by atomic mass is 9.95. The Morgan fingerprint density at radius 2 is 1.89 bits per heavy atom. The fourth-order valence-corrected chi connectivity index (χ4v) is 3.64. The summed E-state index contributed by atoms with van der Waals surface area (Å²) >= 11 is 1.44. The molecule has 1 unspecified atom stereocenters. The summed E-state index contributed by atoms with van der Waals surface area (Å²) < 4.78 is 5.17. The Kier molecular flexibility index (Phi) is 5.09. The lowest BCUT2D eigenvalue weighted by Gasteiger charge is -2.31.